The van der Waals surface area contributed by atoms with Crippen LogP contribution in [-0.2, 0) is 23.5 Å². The van der Waals surface area contributed by atoms with E-state index in [2.05, 4.69) is 26.2 Å². The Bertz CT molecular complexity index is 1490. The molecule has 0 radical (unpaired) electrons. The fraction of sp³-hybridized carbons (Fsp3) is 0.269. The van der Waals surface area contributed by atoms with Gasteiger partial charge in [-0.3, -0.25) is 10.1 Å². The quantitative estimate of drug-likeness (QED) is 0.385. The maximum absolute atomic E-state index is 15.3. The molecule has 2 heterocycles. The minimum absolute atomic E-state index is 0.0483. The number of aliphatic imine (C=N–C) groups is 1. The number of aryl methyl sites for hydroxylation is 1. The molecule has 37 heavy (non-hydrogen) atoms. The first-order valence-corrected chi connectivity index (χ1v) is 11.9. The van der Waals surface area contributed by atoms with Gasteiger partial charge in [0.25, 0.3) is 5.56 Å². The van der Waals surface area contributed by atoms with E-state index in [4.69, 9.17) is 4.74 Å². The summed E-state index contributed by atoms with van der Waals surface area (Å²) in [6.07, 6.45) is -4.64. The van der Waals surface area contributed by atoms with E-state index in [0.29, 0.717) is 10.0 Å². The van der Waals surface area contributed by atoms with Crippen LogP contribution >= 0.6 is 15.9 Å². The number of nitrogens with zero attached hydrogens (tertiary/aromatic N) is 2. The van der Waals surface area contributed by atoms with Crippen LogP contribution in [0, 0.1) is 5.82 Å². The van der Waals surface area contributed by atoms with Gasteiger partial charge in [0, 0.05) is 28.8 Å². The van der Waals surface area contributed by atoms with E-state index in [0.717, 1.165) is 16.7 Å². The molecular weight excluding hydrogens is 558 g/mol. The molecule has 3 aromatic rings. The SMILES string of the molecule is Cn1cc(C2(c3cccc(Br)c3)N=C(NC(=O)OC(C)(C)C)c3c(F)cccc32)cc(C(F)(F)F)c1=O. The van der Waals surface area contributed by atoms with Gasteiger partial charge in [0.15, 0.2) is 0 Å². The Balaban J connectivity index is 2.08. The van der Waals surface area contributed by atoms with Crippen LogP contribution in [0.2, 0.25) is 0 Å². The van der Waals surface area contributed by atoms with Crippen LogP contribution in [0.3, 0.4) is 0 Å². The van der Waals surface area contributed by atoms with Crippen LogP contribution in [0.25, 0.3) is 0 Å². The number of ether oxygens (including phenoxy) is 1. The van der Waals surface area contributed by atoms with E-state index in [1.54, 1.807) is 45.0 Å². The highest BCUT2D eigenvalue weighted by Crippen LogP contribution is 2.47. The largest absolute Gasteiger partial charge is 0.444 e. The fourth-order valence-corrected chi connectivity index (χ4v) is 4.67. The van der Waals surface area contributed by atoms with Crippen molar-refractivity contribution >= 4 is 27.9 Å². The van der Waals surface area contributed by atoms with E-state index in [-0.39, 0.29) is 22.5 Å². The molecule has 1 atom stereocenters. The second-order valence-corrected chi connectivity index (χ2v) is 10.4. The second kappa shape index (κ2) is 9.13. The van der Waals surface area contributed by atoms with Gasteiger partial charge in [-0.25, -0.2) is 14.2 Å². The third-order valence-electron chi connectivity index (χ3n) is 5.69. The van der Waals surface area contributed by atoms with Crippen LogP contribution in [0.1, 0.15) is 48.6 Å². The van der Waals surface area contributed by atoms with Crippen LogP contribution in [0.15, 0.2) is 69.0 Å². The number of amidine groups is 1. The third kappa shape index (κ3) is 4.92. The van der Waals surface area contributed by atoms with Crippen LogP contribution in [0.4, 0.5) is 22.4 Å². The number of alkyl carbamates (subject to hydrolysis) is 1. The van der Waals surface area contributed by atoms with Gasteiger partial charge in [-0.1, -0.05) is 40.2 Å². The molecule has 1 aliphatic heterocycles. The monoisotopic (exact) mass is 579 g/mol. The lowest BCUT2D eigenvalue weighted by atomic mass is 9.77. The van der Waals surface area contributed by atoms with Gasteiger partial charge in [0.2, 0.25) is 0 Å². The van der Waals surface area contributed by atoms with Crippen LogP contribution < -0.4 is 10.9 Å². The van der Waals surface area contributed by atoms with Gasteiger partial charge in [0.05, 0.1) is 5.56 Å². The van der Waals surface area contributed by atoms with Gasteiger partial charge in [-0.15, -0.1) is 0 Å². The Morgan fingerprint density at radius 1 is 1.08 bits per heavy atom. The number of alkyl halides is 3. The number of hydrogen-bond donors (Lipinski definition) is 1. The Kier molecular flexibility index (Phi) is 6.56. The first-order valence-electron chi connectivity index (χ1n) is 11.1. The molecule has 0 saturated heterocycles. The second-order valence-electron chi connectivity index (χ2n) is 9.53. The lowest BCUT2D eigenvalue weighted by Gasteiger charge is -2.30. The molecule has 6 nitrogen and oxygen atoms in total. The highest BCUT2D eigenvalue weighted by Gasteiger charge is 2.47. The molecule has 194 valence electrons. The molecule has 1 N–H and O–H groups in total. The summed E-state index contributed by atoms with van der Waals surface area (Å²) in [5.74, 6) is -0.963. The molecule has 0 spiro atoms. The zero-order chi connectivity index (χ0) is 27.3. The van der Waals surface area contributed by atoms with Crippen molar-refractivity contribution in [3.63, 3.8) is 0 Å². The zero-order valence-electron chi connectivity index (χ0n) is 20.2. The van der Waals surface area contributed by atoms with Gasteiger partial charge >= 0.3 is 12.3 Å². The Hall–Kier alpha value is -3.47. The van der Waals surface area contributed by atoms with Gasteiger partial charge < -0.3 is 9.30 Å². The Morgan fingerprint density at radius 3 is 2.38 bits per heavy atom. The highest BCUT2D eigenvalue weighted by atomic mass is 79.9. The molecule has 1 unspecified atom stereocenters. The molecule has 0 aliphatic carbocycles. The van der Waals surface area contributed by atoms with Crippen molar-refractivity contribution < 1.29 is 27.1 Å². The van der Waals surface area contributed by atoms with Gasteiger partial charge in [-0.05, 0) is 50.6 Å². The summed E-state index contributed by atoms with van der Waals surface area (Å²) in [4.78, 5) is 29.7. The van der Waals surface area contributed by atoms with Gasteiger partial charge in [-0.2, -0.15) is 13.2 Å². The number of amides is 1. The number of rotatable bonds is 2. The molecule has 2 aromatic carbocycles. The molecular formula is C26H22BrF4N3O3. The van der Waals surface area contributed by atoms with Crippen molar-refractivity contribution in [2.75, 3.05) is 0 Å². The van der Waals surface area contributed by atoms with E-state index in [1.807, 2.05) is 0 Å². The summed E-state index contributed by atoms with van der Waals surface area (Å²) < 4.78 is 63.6. The normalized spacial score (nSPS) is 17.3. The van der Waals surface area contributed by atoms with E-state index >= 15 is 4.39 Å². The number of carbonyl (C=O) groups is 1. The number of hydrogen-bond acceptors (Lipinski definition) is 4. The first kappa shape index (κ1) is 26.6. The molecule has 1 amide bonds. The summed E-state index contributed by atoms with van der Waals surface area (Å²) >= 11 is 3.37. The standard InChI is InChI=1S/C26H22BrF4N3O3/c1-24(2,3)37-23(36)32-21-20-17(9-6-10-19(20)28)25(33-21,14-7-5-8-16(27)11-14)15-12-18(26(29,30)31)22(35)34(4)13-15/h5-13H,1-4H3,(H,32,33,36). The smallest absolute Gasteiger partial charge is 0.421 e. The summed E-state index contributed by atoms with van der Waals surface area (Å²) in [5.41, 5.74) is -4.84. The van der Waals surface area contributed by atoms with Crippen molar-refractivity contribution in [2.24, 2.45) is 12.0 Å². The van der Waals surface area contributed by atoms with E-state index in [1.165, 1.54) is 25.4 Å². The minimum Gasteiger partial charge on any atom is -0.444 e. The van der Waals surface area contributed by atoms with Crippen LogP contribution in [-0.4, -0.2) is 22.1 Å². The molecule has 11 heteroatoms. The maximum atomic E-state index is 15.3. The lowest BCUT2D eigenvalue weighted by Crippen LogP contribution is -2.36. The summed E-state index contributed by atoms with van der Waals surface area (Å²) in [6, 6.07) is 11.4. The molecule has 1 aromatic heterocycles. The number of fused-ring (bicyclic) bond motifs is 1. The van der Waals surface area contributed by atoms with Gasteiger partial charge in [0.1, 0.15) is 28.4 Å². The number of aromatic nitrogens is 1. The summed E-state index contributed by atoms with van der Waals surface area (Å²) in [7, 11) is 1.20. The Labute approximate surface area is 218 Å². The number of halogens is 5. The number of nitrogens with one attached hydrogen (secondary N) is 1. The Morgan fingerprint density at radius 2 is 1.76 bits per heavy atom. The minimum atomic E-state index is -4.95. The van der Waals surface area contributed by atoms with Crippen molar-refractivity contribution in [3.8, 4) is 0 Å². The summed E-state index contributed by atoms with van der Waals surface area (Å²) in [5, 5.41) is 2.46. The van der Waals surface area contributed by atoms with E-state index in [9.17, 15) is 22.8 Å². The molecule has 0 fully saturated rings. The lowest BCUT2D eigenvalue weighted by molar-refractivity contribution is -0.139. The van der Waals surface area contributed by atoms with Crippen molar-refractivity contribution in [2.45, 2.75) is 38.1 Å². The molecule has 1 aliphatic rings. The van der Waals surface area contributed by atoms with Crippen LogP contribution in [0.5, 0.6) is 0 Å². The highest BCUT2D eigenvalue weighted by molar-refractivity contribution is 9.10. The average molecular weight is 580 g/mol. The van der Waals surface area contributed by atoms with Crippen molar-refractivity contribution in [1.29, 1.82) is 0 Å². The topological polar surface area (TPSA) is 72.7 Å². The predicted molar refractivity (Wildman–Crippen MR) is 133 cm³/mol. The maximum Gasteiger partial charge on any atom is 0.421 e. The zero-order valence-corrected chi connectivity index (χ0v) is 21.8. The number of carbonyl (C=O) groups excluding carboxylic acids is 1. The van der Waals surface area contributed by atoms with E-state index < -0.39 is 40.3 Å². The van der Waals surface area contributed by atoms with Crippen molar-refractivity contribution in [3.05, 3.63) is 103 Å². The molecule has 0 bridgehead atoms. The molecule has 0 saturated carbocycles. The summed E-state index contributed by atoms with van der Waals surface area (Å²) in [6.45, 7) is 4.94. The number of pyridine rings is 1. The fourth-order valence-electron chi connectivity index (χ4n) is 4.27. The number of benzene rings is 2. The van der Waals surface area contributed by atoms with Crippen molar-refractivity contribution in [1.82, 2.24) is 9.88 Å². The first-order chi connectivity index (χ1) is 17.1. The third-order valence-corrected chi connectivity index (χ3v) is 6.18. The average Bonchev–Trinajstić information content (AvgIpc) is 3.09. The molecule has 4 rings (SSSR count). The predicted octanol–water partition coefficient (Wildman–Crippen LogP) is 5.88.